The van der Waals surface area contributed by atoms with E-state index in [9.17, 15) is 18.0 Å². The molecule has 2 aromatic carbocycles. The van der Waals surface area contributed by atoms with Gasteiger partial charge in [-0.2, -0.15) is 4.31 Å². The van der Waals surface area contributed by atoms with Crippen molar-refractivity contribution in [2.75, 3.05) is 20.2 Å². The zero-order chi connectivity index (χ0) is 20.1. The molecule has 2 aromatic rings. The van der Waals surface area contributed by atoms with Gasteiger partial charge in [0.05, 0.1) is 24.0 Å². The van der Waals surface area contributed by atoms with Crippen LogP contribution in [0.25, 0.3) is 0 Å². The summed E-state index contributed by atoms with van der Waals surface area (Å²) in [6, 6.07) is 12.3. The van der Waals surface area contributed by atoms with Crippen molar-refractivity contribution < 1.29 is 27.5 Å². The van der Waals surface area contributed by atoms with Crippen LogP contribution in [0.3, 0.4) is 0 Å². The number of methoxy groups -OCH3 is 1. The van der Waals surface area contributed by atoms with Crippen LogP contribution in [0.15, 0.2) is 53.4 Å². The first-order chi connectivity index (χ1) is 13.4. The van der Waals surface area contributed by atoms with Crippen LogP contribution in [-0.4, -0.2) is 44.9 Å². The van der Waals surface area contributed by atoms with Crippen molar-refractivity contribution in [2.45, 2.75) is 24.2 Å². The van der Waals surface area contributed by atoms with Crippen molar-refractivity contribution in [3.8, 4) is 5.75 Å². The molecule has 7 nitrogen and oxygen atoms in total. The molecule has 28 heavy (non-hydrogen) atoms. The molecule has 148 valence electrons. The second-order valence-corrected chi connectivity index (χ2v) is 8.36. The molecule has 8 heteroatoms. The summed E-state index contributed by atoms with van der Waals surface area (Å²) in [4.78, 5) is 23.8. The quantitative estimate of drug-likeness (QED) is 0.543. The predicted molar refractivity (Wildman–Crippen MR) is 102 cm³/mol. The Bertz CT molecular complexity index is 962. The van der Waals surface area contributed by atoms with Crippen molar-refractivity contribution in [2.24, 2.45) is 0 Å². The molecule has 0 atom stereocenters. The van der Waals surface area contributed by atoms with Gasteiger partial charge < -0.3 is 9.47 Å². The fourth-order valence-electron chi connectivity index (χ4n) is 2.94. The topological polar surface area (TPSA) is 90.0 Å². The fourth-order valence-corrected chi connectivity index (χ4v) is 4.50. The Morgan fingerprint density at radius 3 is 2.36 bits per heavy atom. The Labute approximate surface area is 163 Å². The molecule has 1 heterocycles. The van der Waals surface area contributed by atoms with E-state index in [2.05, 4.69) is 4.74 Å². The highest BCUT2D eigenvalue weighted by molar-refractivity contribution is 7.89. The molecule has 0 unspecified atom stereocenters. The van der Waals surface area contributed by atoms with E-state index in [1.165, 1.54) is 35.7 Å². The maximum absolute atomic E-state index is 12.7. The van der Waals surface area contributed by atoms with Crippen LogP contribution in [-0.2, 0) is 26.0 Å². The van der Waals surface area contributed by atoms with Crippen molar-refractivity contribution >= 4 is 22.0 Å². The van der Waals surface area contributed by atoms with Crippen LogP contribution < -0.4 is 4.74 Å². The minimum absolute atomic E-state index is 0.0808. The van der Waals surface area contributed by atoms with E-state index in [-0.39, 0.29) is 22.8 Å². The summed E-state index contributed by atoms with van der Waals surface area (Å²) in [7, 11) is -2.29. The van der Waals surface area contributed by atoms with Crippen LogP contribution in [0.4, 0.5) is 0 Å². The van der Waals surface area contributed by atoms with Gasteiger partial charge in [-0.25, -0.2) is 13.2 Å². The largest absolute Gasteiger partial charge is 0.469 e. The SMILES string of the molecule is COC(=O)Cc1ccc(OC(=O)c2cccc(S(=O)(=O)N3CCCC3)c2)cc1. The first-order valence-electron chi connectivity index (χ1n) is 8.88. The Morgan fingerprint density at radius 2 is 1.71 bits per heavy atom. The smallest absolute Gasteiger partial charge is 0.343 e. The van der Waals surface area contributed by atoms with Gasteiger partial charge in [0.1, 0.15) is 5.75 Å². The van der Waals surface area contributed by atoms with Crippen molar-refractivity contribution in [3.05, 3.63) is 59.7 Å². The van der Waals surface area contributed by atoms with E-state index in [1.807, 2.05) is 0 Å². The van der Waals surface area contributed by atoms with E-state index in [0.29, 0.717) is 18.8 Å². The number of nitrogens with zero attached hydrogens (tertiary/aromatic N) is 1. The molecular formula is C20H21NO6S. The van der Waals surface area contributed by atoms with Gasteiger partial charge in [0.25, 0.3) is 0 Å². The fraction of sp³-hybridized carbons (Fsp3) is 0.300. The predicted octanol–water partition coefficient (Wildman–Crippen LogP) is 2.41. The van der Waals surface area contributed by atoms with Crippen LogP contribution in [0.2, 0.25) is 0 Å². The van der Waals surface area contributed by atoms with Gasteiger partial charge >= 0.3 is 11.9 Å². The third-order valence-electron chi connectivity index (χ3n) is 4.48. The maximum atomic E-state index is 12.7. The molecule has 0 amide bonds. The first kappa shape index (κ1) is 20.0. The number of hydrogen-bond acceptors (Lipinski definition) is 6. The summed E-state index contributed by atoms with van der Waals surface area (Å²) in [5.74, 6) is -0.716. The summed E-state index contributed by atoms with van der Waals surface area (Å²) < 4.78 is 36.7. The normalized spacial score (nSPS) is 14.6. The van der Waals surface area contributed by atoms with Crippen LogP contribution >= 0.6 is 0 Å². The van der Waals surface area contributed by atoms with Gasteiger partial charge in [-0.05, 0) is 48.7 Å². The van der Waals surface area contributed by atoms with Crippen molar-refractivity contribution in [1.82, 2.24) is 4.31 Å². The van der Waals surface area contributed by atoms with Gasteiger partial charge in [-0.15, -0.1) is 0 Å². The van der Waals surface area contributed by atoms with Crippen LogP contribution in [0.1, 0.15) is 28.8 Å². The van der Waals surface area contributed by atoms with Gasteiger partial charge in [-0.1, -0.05) is 18.2 Å². The molecule has 1 aliphatic rings. The Morgan fingerprint density at radius 1 is 1.04 bits per heavy atom. The molecule has 0 radical (unpaired) electrons. The molecular weight excluding hydrogens is 382 g/mol. The Balaban J connectivity index is 1.72. The molecule has 1 saturated heterocycles. The second-order valence-electron chi connectivity index (χ2n) is 6.43. The average molecular weight is 403 g/mol. The zero-order valence-corrected chi connectivity index (χ0v) is 16.3. The van der Waals surface area contributed by atoms with E-state index in [1.54, 1.807) is 24.3 Å². The third kappa shape index (κ3) is 4.58. The number of hydrogen-bond donors (Lipinski definition) is 0. The van der Waals surface area contributed by atoms with Gasteiger partial charge in [0.15, 0.2) is 0 Å². The van der Waals surface area contributed by atoms with Gasteiger partial charge in [0.2, 0.25) is 10.0 Å². The molecule has 0 spiro atoms. The standard InChI is InChI=1S/C20H21NO6S/c1-26-19(22)13-15-7-9-17(10-8-15)27-20(23)16-5-4-6-18(14-16)28(24,25)21-11-2-3-12-21/h4-10,14H,2-3,11-13H2,1H3. The molecule has 0 aromatic heterocycles. The molecule has 1 aliphatic heterocycles. The number of esters is 2. The lowest BCUT2D eigenvalue weighted by atomic mass is 10.1. The van der Waals surface area contributed by atoms with Gasteiger partial charge in [-0.3, -0.25) is 4.79 Å². The number of carbonyl (C=O) groups is 2. The second kappa shape index (κ2) is 8.53. The molecule has 0 saturated carbocycles. The van der Waals surface area contributed by atoms with Crippen LogP contribution in [0.5, 0.6) is 5.75 Å². The monoisotopic (exact) mass is 403 g/mol. The lowest BCUT2D eigenvalue weighted by molar-refractivity contribution is -0.139. The highest BCUT2D eigenvalue weighted by atomic mass is 32.2. The third-order valence-corrected chi connectivity index (χ3v) is 6.38. The Hall–Kier alpha value is -2.71. The molecule has 0 N–H and O–H groups in total. The van der Waals surface area contributed by atoms with Crippen LogP contribution in [0, 0.1) is 0 Å². The molecule has 0 aliphatic carbocycles. The minimum Gasteiger partial charge on any atom is -0.469 e. The lowest BCUT2D eigenvalue weighted by Crippen LogP contribution is -2.28. The number of sulfonamides is 1. The summed E-state index contributed by atoms with van der Waals surface area (Å²) in [6.45, 7) is 0.990. The number of ether oxygens (including phenoxy) is 2. The van der Waals surface area contributed by atoms with Gasteiger partial charge in [0, 0.05) is 13.1 Å². The minimum atomic E-state index is -3.61. The zero-order valence-electron chi connectivity index (χ0n) is 15.5. The van der Waals surface area contributed by atoms with E-state index >= 15 is 0 Å². The lowest BCUT2D eigenvalue weighted by Gasteiger charge is -2.15. The Kier molecular flexibility index (Phi) is 6.11. The first-order valence-corrected chi connectivity index (χ1v) is 10.3. The average Bonchev–Trinajstić information content (AvgIpc) is 3.25. The molecule has 0 bridgehead atoms. The van der Waals surface area contributed by atoms with Crippen molar-refractivity contribution in [3.63, 3.8) is 0 Å². The number of carbonyl (C=O) groups excluding carboxylic acids is 2. The maximum Gasteiger partial charge on any atom is 0.343 e. The highest BCUT2D eigenvalue weighted by Crippen LogP contribution is 2.22. The van der Waals surface area contributed by atoms with E-state index in [4.69, 9.17) is 4.74 Å². The summed E-state index contributed by atoms with van der Waals surface area (Å²) >= 11 is 0. The van der Waals surface area contributed by atoms with E-state index < -0.39 is 16.0 Å². The van der Waals surface area contributed by atoms with Crippen molar-refractivity contribution in [1.29, 1.82) is 0 Å². The molecule has 3 rings (SSSR count). The van der Waals surface area contributed by atoms with E-state index in [0.717, 1.165) is 18.4 Å². The summed E-state index contributed by atoms with van der Waals surface area (Å²) in [5, 5.41) is 0. The highest BCUT2D eigenvalue weighted by Gasteiger charge is 2.27. The number of benzene rings is 2. The summed E-state index contributed by atoms with van der Waals surface area (Å²) in [5.41, 5.74) is 0.879. The summed E-state index contributed by atoms with van der Waals surface area (Å²) in [6.07, 6.45) is 1.81. The molecule has 1 fully saturated rings. The number of rotatable bonds is 6.